The van der Waals surface area contributed by atoms with Crippen LogP contribution in [0, 0.1) is 0 Å². The van der Waals surface area contributed by atoms with Crippen molar-refractivity contribution in [3.8, 4) is 17.2 Å². The van der Waals surface area contributed by atoms with Gasteiger partial charge in [-0.05, 0) is 62.2 Å². The molecule has 29 heavy (non-hydrogen) atoms. The van der Waals surface area contributed by atoms with Crippen molar-refractivity contribution in [2.75, 3.05) is 21.3 Å². The average Bonchev–Trinajstić information content (AvgIpc) is 2.72. The third-order valence-electron chi connectivity index (χ3n) is 4.55. The molecule has 2 aromatic carbocycles. The average molecular weight is 418 g/mol. The van der Waals surface area contributed by atoms with Crippen molar-refractivity contribution in [1.82, 2.24) is 4.90 Å². The predicted molar refractivity (Wildman–Crippen MR) is 117 cm³/mol. The summed E-state index contributed by atoms with van der Waals surface area (Å²) in [6.45, 7) is 5.82. The zero-order chi connectivity index (χ0) is 21.6. The highest BCUT2D eigenvalue weighted by Crippen LogP contribution is 2.37. The Kier molecular flexibility index (Phi) is 7.97. The van der Waals surface area contributed by atoms with Crippen LogP contribution in [0.3, 0.4) is 0 Å². The molecule has 0 aliphatic heterocycles. The minimum absolute atomic E-state index is 0.0301. The van der Waals surface area contributed by atoms with Crippen molar-refractivity contribution >= 4 is 23.6 Å². The van der Waals surface area contributed by atoms with Crippen LogP contribution in [0.2, 0.25) is 5.02 Å². The summed E-state index contributed by atoms with van der Waals surface area (Å²) in [7, 11) is 4.96. The molecular formula is C23H28ClNO4. The van der Waals surface area contributed by atoms with Gasteiger partial charge in [0.05, 0.1) is 31.4 Å². The molecule has 2 aromatic rings. The van der Waals surface area contributed by atoms with Gasteiger partial charge in [0.1, 0.15) is 5.75 Å². The van der Waals surface area contributed by atoms with Gasteiger partial charge in [-0.25, -0.2) is 0 Å². The summed E-state index contributed by atoms with van der Waals surface area (Å²) in [4.78, 5) is 14.3. The van der Waals surface area contributed by atoms with Crippen molar-refractivity contribution in [3.05, 3.63) is 58.6 Å². The maximum atomic E-state index is 12.6. The Morgan fingerprint density at radius 3 is 2.28 bits per heavy atom. The summed E-state index contributed by atoms with van der Waals surface area (Å²) >= 11 is 6.35. The van der Waals surface area contributed by atoms with Gasteiger partial charge >= 0.3 is 0 Å². The summed E-state index contributed by atoms with van der Waals surface area (Å²) < 4.78 is 16.3. The highest BCUT2D eigenvalue weighted by atomic mass is 35.5. The van der Waals surface area contributed by atoms with E-state index in [0.717, 1.165) is 16.9 Å². The molecule has 0 aliphatic carbocycles. The van der Waals surface area contributed by atoms with E-state index in [9.17, 15) is 4.79 Å². The fourth-order valence-electron chi connectivity index (χ4n) is 2.77. The van der Waals surface area contributed by atoms with E-state index < -0.39 is 0 Å². The molecule has 0 heterocycles. The first-order valence-corrected chi connectivity index (χ1v) is 9.77. The van der Waals surface area contributed by atoms with E-state index in [1.165, 1.54) is 6.08 Å². The zero-order valence-corrected chi connectivity index (χ0v) is 18.5. The molecule has 0 saturated carbocycles. The van der Waals surface area contributed by atoms with E-state index >= 15 is 0 Å². The van der Waals surface area contributed by atoms with Crippen LogP contribution in [-0.2, 0) is 4.79 Å². The second-order valence-electron chi connectivity index (χ2n) is 6.93. The minimum atomic E-state index is -0.120. The number of carbonyl (C=O) groups excluding carboxylic acids is 1. The van der Waals surface area contributed by atoms with Gasteiger partial charge in [0, 0.05) is 13.1 Å². The van der Waals surface area contributed by atoms with Crippen molar-refractivity contribution < 1.29 is 19.0 Å². The Morgan fingerprint density at radius 1 is 1.07 bits per heavy atom. The number of carbonyl (C=O) groups is 1. The van der Waals surface area contributed by atoms with Crippen LogP contribution in [0.15, 0.2) is 42.5 Å². The molecule has 1 unspecified atom stereocenters. The van der Waals surface area contributed by atoms with Crippen molar-refractivity contribution in [2.24, 2.45) is 0 Å². The summed E-state index contributed by atoms with van der Waals surface area (Å²) in [5.74, 6) is 1.69. The van der Waals surface area contributed by atoms with E-state index in [4.69, 9.17) is 25.8 Å². The molecule has 156 valence electrons. The Labute approximate surface area is 177 Å². The van der Waals surface area contributed by atoms with Gasteiger partial charge in [-0.3, -0.25) is 4.79 Å². The molecule has 5 nitrogen and oxygen atoms in total. The second-order valence-corrected chi connectivity index (χ2v) is 7.34. The van der Waals surface area contributed by atoms with Crippen molar-refractivity contribution in [1.29, 1.82) is 0 Å². The molecule has 1 amide bonds. The summed E-state index contributed by atoms with van der Waals surface area (Å²) in [6, 6.07) is 11.1. The molecule has 6 heteroatoms. The molecule has 2 rings (SSSR count). The van der Waals surface area contributed by atoms with Gasteiger partial charge in [-0.2, -0.15) is 0 Å². The van der Waals surface area contributed by atoms with E-state index in [1.54, 1.807) is 44.4 Å². The monoisotopic (exact) mass is 417 g/mol. The summed E-state index contributed by atoms with van der Waals surface area (Å²) in [5, 5.41) is 0.435. The van der Waals surface area contributed by atoms with Gasteiger partial charge in [-0.15, -0.1) is 0 Å². The fraction of sp³-hybridized carbons (Fsp3) is 0.348. The standard InChI is InChI=1S/C23H28ClNO4/c1-15(2)29-23-20(24)13-17(14-21(23)28-6)7-12-22(26)25(4)16(3)18-8-10-19(27-5)11-9-18/h7-16H,1-6H3/b12-7+. The third-order valence-corrected chi connectivity index (χ3v) is 4.83. The molecule has 0 saturated heterocycles. The highest BCUT2D eigenvalue weighted by molar-refractivity contribution is 6.32. The van der Waals surface area contributed by atoms with Gasteiger partial charge < -0.3 is 19.1 Å². The Morgan fingerprint density at radius 2 is 1.72 bits per heavy atom. The lowest BCUT2D eigenvalue weighted by Gasteiger charge is -2.24. The van der Waals surface area contributed by atoms with Crippen LogP contribution in [0.25, 0.3) is 6.08 Å². The van der Waals surface area contributed by atoms with Crippen molar-refractivity contribution in [3.63, 3.8) is 0 Å². The summed E-state index contributed by atoms with van der Waals surface area (Å²) in [5.41, 5.74) is 1.77. The van der Waals surface area contributed by atoms with Gasteiger partial charge in [-0.1, -0.05) is 23.7 Å². The molecule has 1 atom stereocenters. The molecule has 0 aliphatic rings. The quantitative estimate of drug-likeness (QED) is 0.541. The molecule has 0 bridgehead atoms. The Bertz CT molecular complexity index is 862. The van der Waals surface area contributed by atoms with E-state index in [0.29, 0.717) is 16.5 Å². The van der Waals surface area contributed by atoms with E-state index in [-0.39, 0.29) is 18.1 Å². The molecule has 0 radical (unpaired) electrons. The van der Waals surface area contributed by atoms with Gasteiger partial charge in [0.15, 0.2) is 11.5 Å². The molecule has 0 aromatic heterocycles. The van der Waals surface area contributed by atoms with Crippen LogP contribution in [0.5, 0.6) is 17.2 Å². The van der Waals surface area contributed by atoms with Gasteiger partial charge in [0.25, 0.3) is 0 Å². The highest BCUT2D eigenvalue weighted by Gasteiger charge is 2.16. The zero-order valence-electron chi connectivity index (χ0n) is 17.7. The first-order chi connectivity index (χ1) is 13.8. The number of likely N-dealkylation sites (N-methyl/N-ethyl adjacent to an activating group) is 1. The van der Waals surface area contributed by atoms with Crippen LogP contribution in [-0.4, -0.2) is 38.2 Å². The molecule has 0 N–H and O–H groups in total. The number of methoxy groups -OCH3 is 2. The first-order valence-electron chi connectivity index (χ1n) is 9.39. The number of halogens is 1. The van der Waals surface area contributed by atoms with Crippen molar-refractivity contribution in [2.45, 2.75) is 32.9 Å². The number of benzene rings is 2. The second kappa shape index (κ2) is 10.2. The lowest BCUT2D eigenvalue weighted by Crippen LogP contribution is -2.27. The molecular weight excluding hydrogens is 390 g/mol. The molecule has 0 spiro atoms. The van der Waals surface area contributed by atoms with Gasteiger partial charge in [0.2, 0.25) is 5.91 Å². The topological polar surface area (TPSA) is 48.0 Å². The number of rotatable bonds is 8. The number of amides is 1. The largest absolute Gasteiger partial charge is 0.497 e. The SMILES string of the molecule is COc1ccc(C(C)N(C)C(=O)/C=C/c2cc(Cl)c(OC(C)C)c(OC)c2)cc1. The fourth-order valence-corrected chi connectivity index (χ4v) is 3.03. The number of nitrogens with zero attached hydrogens (tertiary/aromatic N) is 1. The maximum Gasteiger partial charge on any atom is 0.246 e. The first kappa shape index (κ1) is 22.6. The minimum Gasteiger partial charge on any atom is -0.497 e. The Hall–Kier alpha value is -2.66. The third kappa shape index (κ3) is 5.91. The number of ether oxygens (including phenoxy) is 3. The Balaban J connectivity index is 2.15. The predicted octanol–water partition coefficient (Wildman–Crippen LogP) is 5.38. The normalized spacial score (nSPS) is 12.1. The van der Waals surface area contributed by atoms with Crippen LogP contribution < -0.4 is 14.2 Å². The van der Waals surface area contributed by atoms with Crippen LogP contribution in [0.1, 0.15) is 37.9 Å². The number of hydrogen-bond acceptors (Lipinski definition) is 4. The van der Waals surface area contributed by atoms with E-state index in [1.807, 2.05) is 45.0 Å². The van der Waals surface area contributed by atoms with Crippen LogP contribution >= 0.6 is 11.6 Å². The lowest BCUT2D eigenvalue weighted by molar-refractivity contribution is -0.126. The van der Waals surface area contributed by atoms with E-state index in [2.05, 4.69) is 0 Å². The molecule has 0 fully saturated rings. The maximum absolute atomic E-state index is 12.6. The number of hydrogen-bond donors (Lipinski definition) is 0. The smallest absolute Gasteiger partial charge is 0.246 e. The summed E-state index contributed by atoms with van der Waals surface area (Å²) in [6.07, 6.45) is 3.21. The lowest BCUT2D eigenvalue weighted by atomic mass is 10.1. The van der Waals surface area contributed by atoms with Crippen LogP contribution in [0.4, 0.5) is 0 Å².